The van der Waals surface area contributed by atoms with Crippen LogP contribution in [0.5, 0.6) is 0 Å². The van der Waals surface area contributed by atoms with Crippen molar-refractivity contribution < 1.29 is 0 Å². The van der Waals surface area contributed by atoms with Crippen molar-refractivity contribution in [3.8, 4) is 10.4 Å². The highest BCUT2D eigenvalue weighted by molar-refractivity contribution is 7.15. The molecule has 0 saturated heterocycles. The van der Waals surface area contributed by atoms with Crippen molar-refractivity contribution in [1.29, 1.82) is 0 Å². The maximum atomic E-state index is 4.59. The molecule has 2 aliphatic rings. The van der Waals surface area contributed by atoms with Gasteiger partial charge in [-0.25, -0.2) is 4.98 Å². The van der Waals surface area contributed by atoms with Crippen molar-refractivity contribution in [3.63, 3.8) is 0 Å². The van der Waals surface area contributed by atoms with Gasteiger partial charge < -0.3 is 5.32 Å². The lowest BCUT2D eigenvalue weighted by Gasteiger charge is -2.18. The molecule has 114 valence electrons. The summed E-state index contributed by atoms with van der Waals surface area (Å²) < 4.78 is 0. The molecule has 0 radical (unpaired) electrons. The number of nitrogens with zero attached hydrogens (tertiary/aromatic N) is 1. The predicted molar refractivity (Wildman–Crippen MR) is 92.8 cm³/mol. The SMILES string of the molecule is Cc1ccccc1-c1cnc(CNCC2CC3C=CC2C3)s1. The summed E-state index contributed by atoms with van der Waals surface area (Å²) in [5, 5.41) is 4.81. The van der Waals surface area contributed by atoms with Crippen LogP contribution in [0.15, 0.2) is 42.6 Å². The first kappa shape index (κ1) is 14.2. The minimum atomic E-state index is 0.830. The third kappa shape index (κ3) is 2.75. The monoisotopic (exact) mass is 310 g/mol. The van der Waals surface area contributed by atoms with E-state index in [2.05, 4.69) is 53.6 Å². The highest BCUT2D eigenvalue weighted by Crippen LogP contribution is 2.43. The average Bonchev–Trinajstić information content (AvgIpc) is 3.24. The molecule has 4 rings (SSSR count). The molecule has 22 heavy (non-hydrogen) atoms. The number of rotatable bonds is 5. The van der Waals surface area contributed by atoms with Crippen molar-refractivity contribution in [2.45, 2.75) is 26.3 Å². The summed E-state index contributed by atoms with van der Waals surface area (Å²) in [7, 11) is 0. The molecule has 0 aliphatic heterocycles. The number of aromatic nitrogens is 1. The summed E-state index contributed by atoms with van der Waals surface area (Å²) in [6.07, 6.45) is 9.63. The van der Waals surface area contributed by atoms with Crippen molar-refractivity contribution in [1.82, 2.24) is 10.3 Å². The Morgan fingerprint density at radius 1 is 1.23 bits per heavy atom. The summed E-state index contributed by atoms with van der Waals surface area (Å²) in [6, 6.07) is 8.53. The van der Waals surface area contributed by atoms with Gasteiger partial charge in [-0.15, -0.1) is 11.3 Å². The van der Waals surface area contributed by atoms with E-state index in [1.165, 1.54) is 33.9 Å². The lowest BCUT2D eigenvalue weighted by Crippen LogP contribution is -2.24. The third-order valence-corrected chi connectivity index (χ3v) is 6.09. The highest BCUT2D eigenvalue weighted by atomic mass is 32.1. The van der Waals surface area contributed by atoms with Crippen LogP contribution in [-0.4, -0.2) is 11.5 Å². The molecule has 1 aromatic heterocycles. The molecule has 0 amide bonds. The first-order chi connectivity index (χ1) is 10.8. The van der Waals surface area contributed by atoms with E-state index in [0.717, 1.165) is 30.8 Å². The minimum absolute atomic E-state index is 0.830. The molecule has 3 atom stereocenters. The third-order valence-electron chi connectivity index (χ3n) is 5.06. The summed E-state index contributed by atoms with van der Waals surface area (Å²) >= 11 is 1.81. The molecule has 1 heterocycles. The Hall–Kier alpha value is -1.45. The molecule has 2 aliphatic carbocycles. The molecule has 3 unspecified atom stereocenters. The van der Waals surface area contributed by atoms with Gasteiger partial charge in [-0.1, -0.05) is 36.4 Å². The van der Waals surface area contributed by atoms with Crippen molar-refractivity contribution >= 4 is 11.3 Å². The Morgan fingerprint density at radius 3 is 2.91 bits per heavy atom. The summed E-state index contributed by atoms with van der Waals surface area (Å²) in [5.41, 5.74) is 2.63. The van der Waals surface area contributed by atoms with Crippen molar-refractivity contribution in [2.24, 2.45) is 17.8 Å². The van der Waals surface area contributed by atoms with Gasteiger partial charge in [-0.2, -0.15) is 0 Å². The highest BCUT2D eigenvalue weighted by Gasteiger charge is 2.34. The first-order valence-corrected chi connectivity index (χ1v) is 9.01. The molecular formula is C19H22N2S. The van der Waals surface area contributed by atoms with Gasteiger partial charge in [-0.3, -0.25) is 0 Å². The Kier molecular flexibility index (Phi) is 3.85. The van der Waals surface area contributed by atoms with E-state index in [-0.39, 0.29) is 0 Å². The van der Waals surface area contributed by atoms with Gasteiger partial charge in [0.25, 0.3) is 0 Å². The van der Waals surface area contributed by atoms with Crippen LogP contribution in [-0.2, 0) is 6.54 Å². The zero-order chi connectivity index (χ0) is 14.9. The van der Waals surface area contributed by atoms with Gasteiger partial charge in [-0.05, 0) is 55.2 Å². The first-order valence-electron chi connectivity index (χ1n) is 8.19. The molecule has 2 nitrogen and oxygen atoms in total. The molecule has 1 aromatic carbocycles. The second kappa shape index (κ2) is 5.98. The average molecular weight is 310 g/mol. The summed E-state index contributed by atoms with van der Waals surface area (Å²) in [4.78, 5) is 5.86. The van der Waals surface area contributed by atoms with Crippen LogP contribution in [0.4, 0.5) is 0 Å². The second-order valence-electron chi connectivity index (χ2n) is 6.60. The van der Waals surface area contributed by atoms with Crippen LogP contribution in [0.2, 0.25) is 0 Å². The maximum Gasteiger partial charge on any atom is 0.107 e. The summed E-state index contributed by atoms with van der Waals surface area (Å²) in [5.74, 6) is 2.53. The molecule has 3 heteroatoms. The number of nitrogens with one attached hydrogen (secondary N) is 1. The van der Waals surface area contributed by atoms with E-state index in [4.69, 9.17) is 0 Å². The molecule has 0 spiro atoms. The normalized spacial score (nSPS) is 26.0. The molecule has 1 N–H and O–H groups in total. The zero-order valence-electron chi connectivity index (χ0n) is 13.0. The Bertz CT molecular complexity index is 688. The van der Waals surface area contributed by atoms with Crippen LogP contribution in [0.25, 0.3) is 10.4 Å². The minimum Gasteiger partial charge on any atom is -0.310 e. The van der Waals surface area contributed by atoms with E-state index >= 15 is 0 Å². The number of allylic oxidation sites excluding steroid dienone is 2. The van der Waals surface area contributed by atoms with E-state index in [0.29, 0.717) is 0 Å². The second-order valence-corrected chi connectivity index (χ2v) is 7.72. The zero-order valence-corrected chi connectivity index (χ0v) is 13.8. The predicted octanol–water partition coefficient (Wildman–Crippen LogP) is 4.42. The molecule has 1 saturated carbocycles. The topological polar surface area (TPSA) is 24.9 Å². The van der Waals surface area contributed by atoms with Crippen LogP contribution < -0.4 is 5.32 Å². The fourth-order valence-electron chi connectivity index (χ4n) is 3.86. The quantitative estimate of drug-likeness (QED) is 0.827. The van der Waals surface area contributed by atoms with Crippen LogP contribution in [0.1, 0.15) is 23.4 Å². The molecule has 1 fully saturated rings. The lowest BCUT2D eigenvalue weighted by molar-refractivity contribution is 0.414. The molecule has 2 bridgehead atoms. The van der Waals surface area contributed by atoms with E-state index in [1.807, 2.05) is 17.5 Å². The van der Waals surface area contributed by atoms with Gasteiger partial charge in [0.2, 0.25) is 0 Å². The smallest absolute Gasteiger partial charge is 0.107 e. The van der Waals surface area contributed by atoms with Gasteiger partial charge in [0.15, 0.2) is 0 Å². The Balaban J connectivity index is 1.35. The number of aryl methyl sites for hydroxylation is 1. The number of benzene rings is 1. The lowest BCUT2D eigenvalue weighted by atomic mass is 9.94. The largest absolute Gasteiger partial charge is 0.310 e. The number of hydrogen-bond donors (Lipinski definition) is 1. The van der Waals surface area contributed by atoms with Crippen molar-refractivity contribution in [2.75, 3.05) is 6.54 Å². The van der Waals surface area contributed by atoms with Gasteiger partial charge >= 0.3 is 0 Å². The fourth-order valence-corrected chi connectivity index (χ4v) is 4.84. The summed E-state index contributed by atoms with van der Waals surface area (Å²) in [6.45, 7) is 4.19. The van der Waals surface area contributed by atoms with Crippen molar-refractivity contribution in [3.05, 3.63) is 53.2 Å². The van der Waals surface area contributed by atoms with E-state index in [9.17, 15) is 0 Å². The standard InChI is InChI=1S/C19H22N2S/c1-13-4-2-3-5-17(13)18-11-21-19(22-18)12-20-10-16-9-14-6-7-15(16)8-14/h2-7,11,14-16,20H,8-10,12H2,1H3. The number of thiazole rings is 1. The van der Waals surface area contributed by atoms with Gasteiger partial charge in [0.1, 0.15) is 5.01 Å². The fraction of sp³-hybridized carbons (Fsp3) is 0.421. The van der Waals surface area contributed by atoms with Gasteiger partial charge in [0.05, 0.1) is 4.88 Å². The van der Waals surface area contributed by atoms with E-state index in [1.54, 1.807) is 0 Å². The van der Waals surface area contributed by atoms with Gasteiger partial charge in [0, 0.05) is 12.7 Å². The van der Waals surface area contributed by atoms with Crippen LogP contribution in [0.3, 0.4) is 0 Å². The Labute approximate surface area is 136 Å². The van der Waals surface area contributed by atoms with Crippen LogP contribution in [0, 0.1) is 24.7 Å². The maximum absolute atomic E-state index is 4.59. The number of hydrogen-bond acceptors (Lipinski definition) is 3. The Morgan fingerprint density at radius 2 is 2.14 bits per heavy atom. The van der Waals surface area contributed by atoms with Crippen LogP contribution >= 0.6 is 11.3 Å². The van der Waals surface area contributed by atoms with E-state index < -0.39 is 0 Å². The number of fused-ring (bicyclic) bond motifs is 2. The molecule has 2 aromatic rings. The molecular weight excluding hydrogens is 288 g/mol.